The topological polar surface area (TPSA) is 50.2 Å². The molecule has 0 fully saturated rings. The number of hydrogen-bond acceptors (Lipinski definition) is 3. The lowest BCUT2D eigenvalue weighted by Crippen LogP contribution is -1.94. The number of halogens is 1. The van der Waals surface area contributed by atoms with Crippen LogP contribution in [0.5, 0.6) is 5.75 Å². The molecule has 2 rings (SSSR count). The van der Waals surface area contributed by atoms with Gasteiger partial charge in [-0.2, -0.15) is 0 Å². The van der Waals surface area contributed by atoms with Crippen LogP contribution in [0.15, 0.2) is 53.3 Å². The van der Waals surface area contributed by atoms with E-state index in [9.17, 15) is 9.90 Å². The summed E-state index contributed by atoms with van der Waals surface area (Å²) in [5, 5.41) is 9.62. The molecule has 0 aliphatic rings. The Kier molecular flexibility index (Phi) is 3.89. The molecule has 0 aliphatic heterocycles. The number of carbonyl (C=O) groups is 1. The van der Waals surface area contributed by atoms with Gasteiger partial charge in [0.2, 0.25) is 0 Å². The highest BCUT2D eigenvalue weighted by Crippen LogP contribution is 2.22. The van der Waals surface area contributed by atoms with Gasteiger partial charge in [-0.05, 0) is 42.0 Å². The molecule has 0 saturated heterocycles. The van der Waals surface area contributed by atoms with E-state index in [4.69, 9.17) is 0 Å². The maximum atomic E-state index is 11.9. The molecule has 2 aromatic rings. The molecule has 0 bridgehead atoms. The Bertz CT molecular complexity index is 594. The van der Waals surface area contributed by atoms with E-state index in [1.807, 2.05) is 0 Å². The van der Waals surface area contributed by atoms with Gasteiger partial charge in [0.1, 0.15) is 5.75 Å². The van der Waals surface area contributed by atoms with Gasteiger partial charge in [-0.15, -0.1) is 0 Å². The number of hydrogen-bond donors (Lipinski definition) is 1. The first-order valence-corrected chi connectivity index (χ1v) is 6.07. The summed E-state index contributed by atoms with van der Waals surface area (Å²) in [6.45, 7) is 0. The number of nitrogens with zero attached hydrogens (tertiary/aromatic N) is 1. The predicted molar refractivity (Wildman–Crippen MR) is 73.4 cm³/mol. The first-order valence-electron chi connectivity index (χ1n) is 5.28. The van der Waals surface area contributed by atoms with E-state index >= 15 is 0 Å². The van der Waals surface area contributed by atoms with Gasteiger partial charge >= 0.3 is 0 Å². The second-order valence-electron chi connectivity index (χ2n) is 3.64. The monoisotopic (exact) mass is 303 g/mol. The summed E-state index contributed by atoms with van der Waals surface area (Å²) in [5.41, 5.74) is 1.16. The number of carbonyl (C=O) groups excluding carboxylic acids is 1. The van der Waals surface area contributed by atoms with Gasteiger partial charge in [0.05, 0.1) is 5.56 Å². The van der Waals surface area contributed by atoms with Crippen LogP contribution >= 0.6 is 15.9 Å². The van der Waals surface area contributed by atoms with E-state index in [2.05, 4.69) is 20.9 Å². The fraction of sp³-hybridized carbons (Fsp3) is 0. The Morgan fingerprint density at radius 1 is 1.22 bits per heavy atom. The summed E-state index contributed by atoms with van der Waals surface area (Å²) in [5.74, 6) is -0.270. The van der Waals surface area contributed by atoms with Crippen LogP contribution in [0.2, 0.25) is 0 Å². The van der Waals surface area contributed by atoms with Gasteiger partial charge in [-0.1, -0.05) is 22.0 Å². The maximum Gasteiger partial charge on any atom is 0.189 e. The SMILES string of the molecule is O=C(/C=C/c1ccncc1)c1cc(Br)ccc1O. The van der Waals surface area contributed by atoms with Crippen molar-refractivity contribution in [1.29, 1.82) is 0 Å². The minimum Gasteiger partial charge on any atom is -0.507 e. The molecule has 1 heterocycles. The number of pyridine rings is 1. The van der Waals surface area contributed by atoms with E-state index in [0.29, 0.717) is 0 Å². The van der Waals surface area contributed by atoms with Crippen molar-refractivity contribution in [2.75, 3.05) is 0 Å². The predicted octanol–water partition coefficient (Wildman–Crippen LogP) is 3.45. The van der Waals surface area contributed by atoms with E-state index in [1.54, 1.807) is 42.7 Å². The molecular weight excluding hydrogens is 294 g/mol. The van der Waals surface area contributed by atoms with Crippen molar-refractivity contribution in [2.24, 2.45) is 0 Å². The fourth-order valence-corrected chi connectivity index (χ4v) is 1.80. The zero-order chi connectivity index (χ0) is 13.0. The molecule has 0 saturated carbocycles. The van der Waals surface area contributed by atoms with Crippen molar-refractivity contribution in [3.05, 3.63) is 64.4 Å². The zero-order valence-corrected chi connectivity index (χ0v) is 11.0. The molecule has 1 aromatic carbocycles. The average molecular weight is 304 g/mol. The largest absolute Gasteiger partial charge is 0.507 e. The standard InChI is InChI=1S/C14H10BrNO2/c15-11-2-4-14(18)12(9-11)13(17)3-1-10-5-7-16-8-6-10/h1-9,18H/b3-1+. The summed E-state index contributed by atoms with van der Waals surface area (Å²) in [6.07, 6.45) is 6.42. The summed E-state index contributed by atoms with van der Waals surface area (Å²) < 4.78 is 0.751. The molecule has 90 valence electrons. The van der Waals surface area contributed by atoms with Gasteiger partial charge in [0.15, 0.2) is 5.78 Å². The summed E-state index contributed by atoms with van der Waals surface area (Å²) in [6, 6.07) is 8.35. The molecule has 0 unspecified atom stereocenters. The van der Waals surface area contributed by atoms with E-state index in [0.717, 1.165) is 10.0 Å². The summed E-state index contributed by atoms with van der Waals surface area (Å²) in [7, 11) is 0. The van der Waals surface area contributed by atoms with Gasteiger partial charge in [0, 0.05) is 16.9 Å². The highest BCUT2D eigenvalue weighted by molar-refractivity contribution is 9.10. The third kappa shape index (κ3) is 3.05. The highest BCUT2D eigenvalue weighted by Gasteiger charge is 2.08. The van der Waals surface area contributed by atoms with Gasteiger partial charge in [-0.3, -0.25) is 9.78 Å². The lowest BCUT2D eigenvalue weighted by molar-refractivity contribution is 0.104. The molecule has 4 heteroatoms. The molecule has 0 atom stereocenters. The number of benzene rings is 1. The van der Waals surface area contributed by atoms with Crippen molar-refractivity contribution in [3.8, 4) is 5.75 Å². The Hall–Kier alpha value is -1.94. The maximum absolute atomic E-state index is 11.9. The molecule has 0 spiro atoms. The normalized spacial score (nSPS) is 10.7. The second-order valence-corrected chi connectivity index (χ2v) is 4.56. The average Bonchev–Trinajstić information content (AvgIpc) is 2.40. The molecular formula is C14H10BrNO2. The van der Waals surface area contributed by atoms with Gasteiger partial charge < -0.3 is 5.11 Å². The first-order chi connectivity index (χ1) is 8.66. The fourth-order valence-electron chi connectivity index (χ4n) is 1.44. The summed E-state index contributed by atoms with van der Waals surface area (Å²) in [4.78, 5) is 15.8. The van der Waals surface area contributed by atoms with E-state index in [1.165, 1.54) is 12.1 Å². The minimum atomic E-state index is -0.245. The third-order valence-electron chi connectivity index (χ3n) is 2.36. The quantitative estimate of drug-likeness (QED) is 0.698. The van der Waals surface area contributed by atoms with E-state index < -0.39 is 0 Å². The van der Waals surface area contributed by atoms with Crippen LogP contribution < -0.4 is 0 Å². The number of allylic oxidation sites excluding steroid dienone is 1. The Labute approximate surface area is 113 Å². The van der Waals surface area contributed by atoms with Crippen molar-refractivity contribution < 1.29 is 9.90 Å². The molecule has 18 heavy (non-hydrogen) atoms. The smallest absolute Gasteiger partial charge is 0.189 e. The number of aromatic nitrogens is 1. The van der Waals surface area contributed by atoms with Crippen LogP contribution in [0, 0.1) is 0 Å². The summed E-state index contributed by atoms with van der Waals surface area (Å²) >= 11 is 3.26. The number of phenolic OH excluding ortho intramolecular Hbond substituents is 1. The Morgan fingerprint density at radius 2 is 1.94 bits per heavy atom. The minimum absolute atomic E-state index is 0.0254. The second kappa shape index (κ2) is 5.60. The highest BCUT2D eigenvalue weighted by atomic mass is 79.9. The molecule has 3 nitrogen and oxygen atoms in total. The van der Waals surface area contributed by atoms with Crippen molar-refractivity contribution >= 4 is 27.8 Å². The molecule has 0 aliphatic carbocycles. The Balaban J connectivity index is 2.22. The van der Waals surface area contributed by atoms with Crippen LogP contribution in [-0.4, -0.2) is 15.9 Å². The molecule has 0 amide bonds. The Morgan fingerprint density at radius 3 is 2.67 bits per heavy atom. The van der Waals surface area contributed by atoms with Crippen LogP contribution in [0.4, 0.5) is 0 Å². The van der Waals surface area contributed by atoms with Crippen LogP contribution in [-0.2, 0) is 0 Å². The lowest BCUT2D eigenvalue weighted by atomic mass is 10.1. The van der Waals surface area contributed by atoms with Crippen molar-refractivity contribution in [1.82, 2.24) is 4.98 Å². The lowest BCUT2D eigenvalue weighted by Gasteiger charge is -2.00. The third-order valence-corrected chi connectivity index (χ3v) is 2.85. The zero-order valence-electron chi connectivity index (χ0n) is 9.38. The van der Waals surface area contributed by atoms with Crippen LogP contribution in [0.3, 0.4) is 0 Å². The first kappa shape index (κ1) is 12.5. The number of phenols is 1. The van der Waals surface area contributed by atoms with Crippen molar-refractivity contribution in [3.63, 3.8) is 0 Å². The van der Waals surface area contributed by atoms with Gasteiger partial charge in [-0.25, -0.2) is 0 Å². The number of ketones is 1. The molecule has 1 aromatic heterocycles. The molecule has 0 radical (unpaired) electrons. The van der Waals surface area contributed by atoms with E-state index in [-0.39, 0.29) is 17.1 Å². The number of rotatable bonds is 3. The molecule has 1 N–H and O–H groups in total. The van der Waals surface area contributed by atoms with Crippen LogP contribution in [0.1, 0.15) is 15.9 Å². The van der Waals surface area contributed by atoms with Gasteiger partial charge in [0.25, 0.3) is 0 Å². The number of aromatic hydroxyl groups is 1. The van der Waals surface area contributed by atoms with Crippen LogP contribution in [0.25, 0.3) is 6.08 Å². The van der Waals surface area contributed by atoms with Crippen molar-refractivity contribution in [2.45, 2.75) is 0 Å².